The molecule has 0 saturated carbocycles. The fourth-order valence-corrected chi connectivity index (χ4v) is 5.61. The third-order valence-electron chi connectivity index (χ3n) is 9.66. The van der Waals surface area contributed by atoms with Crippen LogP contribution < -0.4 is 25.9 Å². The second-order valence-electron chi connectivity index (χ2n) is 12.0. The molecule has 0 amide bonds. The van der Waals surface area contributed by atoms with Crippen molar-refractivity contribution in [1.82, 2.24) is 4.98 Å². The quantitative estimate of drug-likeness (QED) is 0.0737. The van der Waals surface area contributed by atoms with Gasteiger partial charge in [0.15, 0.2) is 5.78 Å². The molecule has 2 aliphatic heterocycles. The maximum absolute atomic E-state index is 12.3. The van der Waals surface area contributed by atoms with E-state index in [1.54, 1.807) is 6.20 Å². The van der Waals surface area contributed by atoms with Gasteiger partial charge >= 0.3 is 0 Å². The number of aromatic nitrogens is 1. The minimum absolute atomic E-state index is 0. The van der Waals surface area contributed by atoms with Crippen LogP contribution in [0.3, 0.4) is 0 Å². The molecule has 1 radical (unpaired) electrons. The van der Waals surface area contributed by atoms with Crippen molar-refractivity contribution in [2.75, 3.05) is 0 Å². The van der Waals surface area contributed by atoms with Crippen LogP contribution in [0.15, 0.2) is 90.8 Å². The minimum Gasteiger partial charge on any atom is -0.512 e. The van der Waals surface area contributed by atoms with Crippen LogP contribution in [0.25, 0.3) is 11.3 Å². The largest absolute Gasteiger partial charge is 0.512 e. The Bertz CT molecular complexity index is 1730. The molecule has 1 N–H and O–H groups in total. The number of fused-ring (bicyclic) bond motifs is 4. The average molecular weight is 780 g/mol. The van der Waals surface area contributed by atoms with E-state index in [1.165, 1.54) is 0 Å². The van der Waals surface area contributed by atoms with Crippen LogP contribution in [0.4, 0.5) is 0 Å². The summed E-state index contributed by atoms with van der Waals surface area (Å²) in [5.41, 5.74) is 4.09. The molecule has 0 atom stereocenters. The number of aliphatic hydroxyl groups excluding tert-OH is 1. The van der Waals surface area contributed by atoms with Gasteiger partial charge in [0.2, 0.25) is 6.71 Å². The van der Waals surface area contributed by atoms with Crippen molar-refractivity contribution in [3.8, 4) is 34.3 Å². The number of ether oxygens (including phenoxy) is 2. The van der Waals surface area contributed by atoms with E-state index < -0.39 is 10.8 Å². The zero-order valence-electron chi connectivity index (χ0n) is 27.9. The van der Waals surface area contributed by atoms with Crippen molar-refractivity contribution in [3.05, 3.63) is 96.9 Å². The van der Waals surface area contributed by atoms with Gasteiger partial charge in [-0.1, -0.05) is 83.5 Å². The number of carbonyl (C=O) groups is 1. The molecule has 0 saturated heterocycles. The van der Waals surface area contributed by atoms with E-state index >= 15 is 0 Å². The van der Waals surface area contributed by atoms with Crippen molar-refractivity contribution in [1.29, 1.82) is 0 Å². The fraction of sp³-hybridized carbons (Fsp3) is 0.316. The summed E-state index contributed by atoms with van der Waals surface area (Å²) in [6, 6.07) is 27.2. The van der Waals surface area contributed by atoms with Gasteiger partial charge in [0, 0.05) is 54.4 Å². The Hall–Kier alpha value is -3.67. The topological polar surface area (TPSA) is 68.7 Å². The Balaban J connectivity index is 0.000000225. The van der Waals surface area contributed by atoms with Crippen molar-refractivity contribution in [3.63, 3.8) is 0 Å². The number of rotatable bonds is 8. The summed E-state index contributed by atoms with van der Waals surface area (Å²) in [6.45, 7) is 11.7. The second kappa shape index (κ2) is 14.2. The predicted octanol–water partition coefficient (Wildman–Crippen LogP) is 7.92. The van der Waals surface area contributed by atoms with Crippen LogP contribution in [-0.2, 0) is 24.9 Å². The molecule has 1 aromatic heterocycles. The maximum Gasteiger partial charge on any atom is 0.241 e. The Morgan fingerprint density at radius 3 is 2.13 bits per heavy atom. The molecule has 0 fully saturated rings. The standard InChI is InChI=1S/C23H13BNO2.C15H28O2.Ir/c1-2-11-19-16(8-1)24-17-9-5-7-15(18-10-3-4-14-25-18)23(17)27-21-13-6-12-20(26-19)22(21)24;1-7-14(5,8-2)12(16)11-13(17)15(6,9-3)10-4;/h1-6,8-14H;11,16H,7-10H2,1-6H3;/q-1;;/b;12-11-;/i;11D;. The summed E-state index contributed by atoms with van der Waals surface area (Å²) >= 11 is 0. The molecule has 0 unspecified atom stereocenters. The van der Waals surface area contributed by atoms with Gasteiger partial charge in [0.05, 0.1) is 1.37 Å². The van der Waals surface area contributed by atoms with Crippen molar-refractivity contribution in [2.45, 2.75) is 67.2 Å². The minimum atomic E-state index is -0.534. The zero-order chi connectivity index (χ0) is 32.4. The fourth-order valence-electron chi connectivity index (χ4n) is 5.61. The molecule has 45 heavy (non-hydrogen) atoms. The van der Waals surface area contributed by atoms with Crippen LogP contribution in [0.5, 0.6) is 23.0 Å². The second-order valence-corrected chi connectivity index (χ2v) is 12.0. The smallest absolute Gasteiger partial charge is 0.241 e. The third-order valence-corrected chi connectivity index (χ3v) is 9.66. The molecule has 2 aliphatic rings. The van der Waals surface area contributed by atoms with Crippen molar-refractivity contribution < 1.29 is 40.9 Å². The average Bonchev–Trinajstić information content (AvgIpc) is 3.10. The Labute approximate surface area is 282 Å². The first-order valence-corrected chi connectivity index (χ1v) is 15.6. The van der Waals surface area contributed by atoms with E-state index in [0.29, 0.717) is 12.8 Å². The summed E-state index contributed by atoms with van der Waals surface area (Å²) in [5, 5.41) is 10.2. The summed E-state index contributed by atoms with van der Waals surface area (Å²) in [5.74, 6) is 3.11. The van der Waals surface area contributed by atoms with Crippen LogP contribution in [0, 0.1) is 16.9 Å². The van der Waals surface area contributed by atoms with E-state index in [9.17, 15) is 9.90 Å². The maximum atomic E-state index is 12.3. The summed E-state index contributed by atoms with van der Waals surface area (Å²) in [4.78, 5) is 16.8. The summed E-state index contributed by atoms with van der Waals surface area (Å²) in [6.07, 6.45) is 4.61. The van der Waals surface area contributed by atoms with E-state index in [2.05, 4.69) is 29.2 Å². The molecule has 6 rings (SSSR count). The number of aliphatic hydroxyl groups is 1. The van der Waals surface area contributed by atoms with Gasteiger partial charge < -0.3 is 19.6 Å². The molecule has 5 nitrogen and oxygen atoms in total. The molecular formula is C38H41BIrNO4-. The van der Waals surface area contributed by atoms with Gasteiger partial charge in [-0.05, 0) is 61.1 Å². The Morgan fingerprint density at radius 1 is 0.867 bits per heavy atom. The van der Waals surface area contributed by atoms with Gasteiger partial charge in [-0.15, -0.1) is 23.7 Å². The van der Waals surface area contributed by atoms with Crippen molar-refractivity contribution >= 4 is 28.9 Å². The first-order valence-electron chi connectivity index (χ1n) is 16.1. The van der Waals surface area contributed by atoms with Gasteiger partial charge in [-0.25, -0.2) is 0 Å². The third kappa shape index (κ3) is 6.52. The normalized spacial score (nSPS) is 13.6. The number of pyridine rings is 1. The molecule has 0 spiro atoms. The van der Waals surface area contributed by atoms with E-state index in [1.807, 2.05) is 96.1 Å². The van der Waals surface area contributed by atoms with Crippen LogP contribution in [0.1, 0.15) is 68.6 Å². The summed E-state index contributed by atoms with van der Waals surface area (Å²) in [7, 11) is 0. The van der Waals surface area contributed by atoms with Crippen LogP contribution in [-0.4, -0.2) is 22.6 Å². The number of benzene rings is 3. The molecule has 0 bridgehead atoms. The molecule has 0 aliphatic carbocycles. The van der Waals surface area contributed by atoms with Crippen LogP contribution in [0.2, 0.25) is 0 Å². The first-order chi connectivity index (χ1) is 21.6. The monoisotopic (exact) mass is 780 g/mol. The number of carbonyl (C=O) groups excluding carboxylic acids is 1. The van der Waals surface area contributed by atoms with Crippen molar-refractivity contribution in [2.24, 2.45) is 10.8 Å². The van der Waals surface area contributed by atoms with Gasteiger partial charge in [-0.2, -0.15) is 0 Å². The molecule has 4 aromatic rings. The van der Waals surface area contributed by atoms with Gasteiger partial charge in [0.25, 0.3) is 0 Å². The van der Waals surface area contributed by atoms with E-state index in [0.717, 1.165) is 63.5 Å². The first kappa shape index (κ1) is 32.7. The molecular weight excluding hydrogens is 737 g/mol. The van der Waals surface area contributed by atoms with Gasteiger partial charge in [-0.3, -0.25) is 4.79 Å². The SMILES string of the molecule is [2H]/C(C(=O)C(C)(CC)CC)=C(/O)C(C)(CC)CC.[Ir].[c-]1ccc2c(c1-c1ccccn1)Oc1cccc3c1B2c1ccccc1O3. The zero-order valence-corrected chi connectivity index (χ0v) is 29.3. The number of hydrogen-bond acceptors (Lipinski definition) is 5. The molecule has 3 heterocycles. The van der Waals surface area contributed by atoms with E-state index in [4.69, 9.17) is 10.8 Å². The number of allylic oxidation sites excluding steroid dienone is 2. The molecule has 7 heteroatoms. The molecule has 3 aromatic carbocycles. The van der Waals surface area contributed by atoms with E-state index in [-0.39, 0.29) is 44.4 Å². The summed E-state index contributed by atoms with van der Waals surface area (Å²) < 4.78 is 20.5. The Kier molecular flexibility index (Phi) is 10.3. The number of para-hydroxylation sites is 1. The Morgan fingerprint density at radius 2 is 1.49 bits per heavy atom. The molecule has 235 valence electrons. The predicted molar refractivity (Wildman–Crippen MR) is 179 cm³/mol. The van der Waals surface area contributed by atoms with Crippen LogP contribution >= 0.6 is 0 Å². The number of hydrogen-bond donors (Lipinski definition) is 1. The number of nitrogens with zero attached hydrogens (tertiary/aromatic N) is 1. The number of ketones is 1. The van der Waals surface area contributed by atoms with Gasteiger partial charge in [0.1, 0.15) is 23.0 Å².